The van der Waals surface area contributed by atoms with E-state index in [-0.39, 0.29) is 11.9 Å². The van der Waals surface area contributed by atoms with Crippen LogP contribution in [0.15, 0.2) is 18.3 Å². The molecule has 1 aromatic heterocycles. The lowest BCUT2D eigenvalue weighted by molar-refractivity contribution is -0.130. The maximum Gasteiger partial charge on any atom is 0.237 e. The van der Waals surface area contributed by atoms with Crippen molar-refractivity contribution in [2.45, 2.75) is 50.2 Å². The molecule has 1 amide bonds. The van der Waals surface area contributed by atoms with Crippen molar-refractivity contribution in [3.63, 3.8) is 0 Å². The molecule has 2 aliphatic rings. The monoisotopic (exact) mass is 352 g/mol. The summed E-state index contributed by atoms with van der Waals surface area (Å²) in [6, 6.07) is 8.36. The molecule has 0 aromatic carbocycles. The Morgan fingerprint density at radius 1 is 1.38 bits per heavy atom. The van der Waals surface area contributed by atoms with Gasteiger partial charge in [-0.05, 0) is 44.2 Å². The van der Waals surface area contributed by atoms with Gasteiger partial charge < -0.3 is 15.1 Å². The molecule has 3 atom stereocenters. The molecule has 1 aliphatic heterocycles. The van der Waals surface area contributed by atoms with Crippen LogP contribution >= 0.6 is 0 Å². The fourth-order valence-electron chi connectivity index (χ4n) is 3.88. The number of carbonyl (C=O) groups excluding carboxylic acids is 1. The molecule has 136 valence electrons. The number of nitriles is 2. The van der Waals surface area contributed by atoms with Crippen molar-refractivity contribution < 1.29 is 4.79 Å². The number of carbonyl (C=O) groups is 1. The topological polar surface area (TPSA) is 96.1 Å². The molecule has 3 rings (SSSR count). The van der Waals surface area contributed by atoms with Crippen LogP contribution in [0.2, 0.25) is 0 Å². The standard InChI is InChI=1S/C19H24N6O/c1-24(18-7-4-14(10-20)12-23-18)16-6-5-15(9-16)22-13-19(26)25-8-2-3-17(25)11-21/h4,7,12,15-17,22H,2-3,5-6,8-9,13H2,1H3/t15-,16-,17-/m0/s1. The second-order valence-electron chi connectivity index (χ2n) is 7.05. The van der Waals surface area contributed by atoms with Gasteiger partial charge in [0.05, 0.1) is 18.2 Å². The number of anilines is 1. The summed E-state index contributed by atoms with van der Waals surface area (Å²) in [5.74, 6) is 0.888. The van der Waals surface area contributed by atoms with Crippen LogP contribution in [0.3, 0.4) is 0 Å². The third kappa shape index (κ3) is 3.95. The maximum absolute atomic E-state index is 12.3. The van der Waals surface area contributed by atoms with Crippen LogP contribution in [0.5, 0.6) is 0 Å². The van der Waals surface area contributed by atoms with Gasteiger partial charge in [-0.25, -0.2) is 4.98 Å². The fraction of sp³-hybridized carbons (Fsp3) is 0.579. The molecule has 2 heterocycles. The number of hydrogen-bond acceptors (Lipinski definition) is 6. The highest BCUT2D eigenvalue weighted by Gasteiger charge is 2.31. The summed E-state index contributed by atoms with van der Waals surface area (Å²) >= 11 is 0. The van der Waals surface area contributed by atoms with Crippen molar-refractivity contribution in [1.82, 2.24) is 15.2 Å². The van der Waals surface area contributed by atoms with Crippen LogP contribution in [0.1, 0.15) is 37.7 Å². The Morgan fingerprint density at radius 2 is 2.23 bits per heavy atom. The number of amides is 1. The van der Waals surface area contributed by atoms with Crippen LogP contribution < -0.4 is 10.2 Å². The van der Waals surface area contributed by atoms with E-state index in [4.69, 9.17) is 10.5 Å². The smallest absolute Gasteiger partial charge is 0.237 e. The largest absolute Gasteiger partial charge is 0.357 e. The lowest BCUT2D eigenvalue weighted by Gasteiger charge is -2.26. The quantitative estimate of drug-likeness (QED) is 0.861. The van der Waals surface area contributed by atoms with Gasteiger partial charge >= 0.3 is 0 Å². The zero-order chi connectivity index (χ0) is 18.5. The van der Waals surface area contributed by atoms with E-state index >= 15 is 0 Å². The number of pyridine rings is 1. The number of hydrogen-bond donors (Lipinski definition) is 1. The average Bonchev–Trinajstić information content (AvgIpc) is 3.34. The number of aromatic nitrogens is 1. The van der Waals surface area contributed by atoms with Crippen LogP contribution in [0.4, 0.5) is 5.82 Å². The highest BCUT2D eigenvalue weighted by molar-refractivity contribution is 5.79. The van der Waals surface area contributed by atoms with E-state index < -0.39 is 0 Å². The predicted molar refractivity (Wildman–Crippen MR) is 97.1 cm³/mol. The molecular weight excluding hydrogens is 328 g/mol. The summed E-state index contributed by atoms with van der Waals surface area (Å²) < 4.78 is 0. The summed E-state index contributed by atoms with van der Waals surface area (Å²) in [6.45, 7) is 0.994. The van der Waals surface area contributed by atoms with Gasteiger partial charge in [-0.1, -0.05) is 0 Å². The molecule has 1 aromatic rings. The van der Waals surface area contributed by atoms with E-state index in [9.17, 15) is 4.79 Å². The van der Waals surface area contributed by atoms with Crippen molar-refractivity contribution in [2.75, 3.05) is 25.0 Å². The van der Waals surface area contributed by atoms with E-state index in [1.807, 2.05) is 13.1 Å². The number of rotatable bonds is 5. The Kier molecular flexibility index (Phi) is 5.70. The molecular formula is C19H24N6O. The van der Waals surface area contributed by atoms with E-state index in [0.29, 0.717) is 30.7 Å². The van der Waals surface area contributed by atoms with Gasteiger partial charge in [0.2, 0.25) is 5.91 Å². The third-order valence-electron chi connectivity index (χ3n) is 5.46. The minimum absolute atomic E-state index is 0.0274. The van der Waals surface area contributed by atoms with Gasteiger partial charge in [0.15, 0.2) is 0 Å². The van der Waals surface area contributed by atoms with Gasteiger partial charge in [0, 0.05) is 31.9 Å². The normalized spacial score (nSPS) is 24.9. The van der Waals surface area contributed by atoms with Crippen molar-refractivity contribution >= 4 is 11.7 Å². The van der Waals surface area contributed by atoms with Gasteiger partial charge in [-0.3, -0.25) is 4.79 Å². The molecule has 2 fully saturated rings. The van der Waals surface area contributed by atoms with Crippen molar-refractivity contribution in [3.8, 4) is 12.1 Å². The van der Waals surface area contributed by atoms with Gasteiger partial charge in [0.25, 0.3) is 0 Å². The maximum atomic E-state index is 12.3. The van der Waals surface area contributed by atoms with Crippen molar-refractivity contribution in [3.05, 3.63) is 23.9 Å². The lowest BCUT2D eigenvalue weighted by Crippen LogP contribution is -2.43. The molecule has 7 heteroatoms. The SMILES string of the molecule is CN(c1ccc(C#N)cn1)[C@H]1CC[C@H](NCC(=O)N2CCC[C@H]2C#N)C1. The molecule has 1 aliphatic carbocycles. The zero-order valence-electron chi connectivity index (χ0n) is 15.1. The lowest BCUT2D eigenvalue weighted by atomic mass is 10.2. The first-order valence-electron chi connectivity index (χ1n) is 9.14. The van der Waals surface area contributed by atoms with Crippen LogP contribution in [0.25, 0.3) is 0 Å². The molecule has 0 radical (unpaired) electrons. The number of nitrogens with one attached hydrogen (secondary N) is 1. The van der Waals surface area contributed by atoms with E-state index in [1.165, 1.54) is 0 Å². The van der Waals surface area contributed by atoms with Gasteiger partial charge in [-0.15, -0.1) is 0 Å². The van der Waals surface area contributed by atoms with Crippen LogP contribution in [0, 0.1) is 22.7 Å². The van der Waals surface area contributed by atoms with Crippen molar-refractivity contribution in [2.24, 2.45) is 0 Å². The molecule has 0 unspecified atom stereocenters. The minimum atomic E-state index is -0.255. The van der Waals surface area contributed by atoms with E-state index in [1.54, 1.807) is 17.2 Å². The summed E-state index contributed by atoms with van der Waals surface area (Å²) in [6.07, 6.45) is 6.30. The highest BCUT2D eigenvalue weighted by atomic mass is 16.2. The molecule has 1 saturated heterocycles. The van der Waals surface area contributed by atoms with Crippen LogP contribution in [-0.2, 0) is 4.79 Å². The number of nitrogens with zero attached hydrogens (tertiary/aromatic N) is 5. The van der Waals surface area contributed by atoms with Gasteiger partial charge in [-0.2, -0.15) is 10.5 Å². The first-order valence-corrected chi connectivity index (χ1v) is 9.14. The summed E-state index contributed by atoms with van der Waals surface area (Å²) in [7, 11) is 2.02. The first-order chi connectivity index (χ1) is 12.6. The third-order valence-corrected chi connectivity index (χ3v) is 5.46. The molecule has 26 heavy (non-hydrogen) atoms. The fourth-order valence-corrected chi connectivity index (χ4v) is 3.88. The minimum Gasteiger partial charge on any atom is -0.357 e. The Labute approximate surface area is 154 Å². The summed E-state index contributed by atoms with van der Waals surface area (Å²) in [4.78, 5) is 20.5. The molecule has 0 bridgehead atoms. The van der Waals surface area contributed by atoms with E-state index in [2.05, 4.69) is 27.3 Å². The molecule has 7 nitrogen and oxygen atoms in total. The van der Waals surface area contributed by atoms with Gasteiger partial charge in [0.1, 0.15) is 17.9 Å². The molecule has 1 saturated carbocycles. The summed E-state index contributed by atoms with van der Waals surface area (Å²) in [5, 5.41) is 21.3. The Morgan fingerprint density at radius 3 is 2.92 bits per heavy atom. The Bertz CT molecular complexity index is 719. The molecule has 1 N–H and O–H groups in total. The summed E-state index contributed by atoms with van der Waals surface area (Å²) in [5.41, 5.74) is 0.559. The Balaban J connectivity index is 1.48. The first kappa shape index (κ1) is 18.2. The highest BCUT2D eigenvalue weighted by Crippen LogP contribution is 2.26. The Hall–Kier alpha value is -2.64. The average molecular weight is 352 g/mol. The zero-order valence-corrected chi connectivity index (χ0v) is 15.1. The van der Waals surface area contributed by atoms with E-state index in [0.717, 1.165) is 37.9 Å². The van der Waals surface area contributed by atoms with Crippen molar-refractivity contribution in [1.29, 1.82) is 10.5 Å². The second kappa shape index (κ2) is 8.16. The second-order valence-corrected chi connectivity index (χ2v) is 7.05. The van der Waals surface area contributed by atoms with Crippen LogP contribution in [-0.4, -0.2) is 54.1 Å². The predicted octanol–water partition coefficient (Wildman–Crippen LogP) is 1.41. The molecule has 0 spiro atoms. The number of likely N-dealkylation sites (tertiary alicyclic amines) is 1.